The molecule has 0 aliphatic carbocycles. The third-order valence-electron chi connectivity index (χ3n) is 2.99. The molecule has 0 N–H and O–H groups in total. The summed E-state index contributed by atoms with van der Waals surface area (Å²) in [5, 5.41) is 3.90. The molecule has 0 aliphatic heterocycles. The Balaban J connectivity index is 2.06. The second-order valence-electron chi connectivity index (χ2n) is 4.44. The molecule has 0 spiro atoms. The molecule has 0 aliphatic rings. The van der Waals surface area contributed by atoms with Crippen LogP contribution in [0.2, 0.25) is 0 Å². The number of benzene rings is 1. The molecule has 7 heteroatoms. The molecule has 0 unspecified atom stereocenters. The maximum absolute atomic E-state index is 12.2. The SMILES string of the molecule is CCOc1ccc(/C=c2\sc3ncnn3c2=O)cc1OCC. The van der Waals surface area contributed by atoms with Gasteiger partial charge in [0, 0.05) is 0 Å². The van der Waals surface area contributed by atoms with Gasteiger partial charge in [0.25, 0.3) is 5.56 Å². The van der Waals surface area contributed by atoms with E-state index in [1.807, 2.05) is 38.1 Å². The van der Waals surface area contributed by atoms with Gasteiger partial charge >= 0.3 is 0 Å². The Labute approximate surface area is 130 Å². The van der Waals surface area contributed by atoms with Gasteiger partial charge in [0.1, 0.15) is 6.33 Å². The molecule has 3 aromatic rings. The molecule has 0 atom stereocenters. The van der Waals surface area contributed by atoms with Gasteiger partial charge in [0.05, 0.1) is 17.7 Å². The minimum Gasteiger partial charge on any atom is -0.490 e. The van der Waals surface area contributed by atoms with E-state index in [1.54, 1.807) is 0 Å². The van der Waals surface area contributed by atoms with Crippen LogP contribution in [0, 0.1) is 0 Å². The summed E-state index contributed by atoms with van der Waals surface area (Å²) in [5.74, 6) is 1.37. The zero-order valence-electron chi connectivity index (χ0n) is 12.3. The number of ether oxygens (including phenoxy) is 2. The van der Waals surface area contributed by atoms with Gasteiger partial charge in [-0.1, -0.05) is 17.4 Å². The molecule has 0 radical (unpaired) electrons. The number of rotatable bonds is 5. The van der Waals surface area contributed by atoms with Crippen LogP contribution in [-0.4, -0.2) is 27.8 Å². The molecule has 2 heterocycles. The Morgan fingerprint density at radius 2 is 2.00 bits per heavy atom. The molecular formula is C15H15N3O3S. The number of fused-ring (bicyclic) bond motifs is 1. The predicted molar refractivity (Wildman–Crippen MR) is 84.7 cm³/mol. The molecule has 2 aromatic heterocycles. The highest BCUT2D eigenvalue weighted by Gasteiger charge is 2.07. The lowest BCUT2D eigenvalue weighted by Crippen LogP contribution is -2.23. The van der Waals surface area contributed by atoms with Gasteiger partial charge in [-0.2, -0.15) is 9.61 Å². The first-order chi connectivity index (χ1) is 10.7. The van der Waals surface area contributed by atoms with Crippen LogP contribution in [0.3, 0.4) is 0 Å². The maximum Gasteiger partial charge on any atom is 0.291 e. The first-order valence-electron chi connectivity index (χ1n) is 6.96. The summed E-state index contributed by atoms with van der Waals surface area (Å²) < 4.78 is 13.0. The summed E-state index contributed by atoms with van der Waals surface area (Å²) in [4.78, 5) is 16.8. The molecule has 114 valence electrons. The van der Waals surface area contributed by atoms with Gasteiger partial charge in [0.2, 0.25) is 4.96 Å². The van der Waals surface area contributed by atoms with Crippen molar-refractivity contribution in [3.8, 4) is 11.5 Å². The first kappa shape index (κ1) is 14.5. The maximum atomic E-state index is 12.2. The Morgan fingerprint density at radius 3 is 2.73 bits per heavy atom. The van der Waals surface area contributed by atoms with Crippen molar-refractivity contribution in [3.63, 3.8) is 0 Å². The average molecular weight is 317 g/mol. The number of nitrogens with zero attached hydrogens (tertiary/aromatic N) is 3. The summed E-state index contributed by atoms with van der Waals surface area (Å²) in [6.45, 7) is 4.96. The van der Waals surface area contributed by atoms with Crippen LogP contribution in [-0.2, 0) is 0 Å². The molecule has 0 bridgehead atoms. The molecule has 3 rings (SSSR count). The quantitative estimate of drug-likeness (QED) is 0.713. The summed E-state index contributed by atoms with van der Waals surface area (Å²) in [6, 6.07) is 5.61. The van der Waals surface area contributed by atoms with Crippen LogP contribution in [0.15, 0.2) is 29.3 Å². The highest BCUT2D eigenvalue weighted by Crippen LogP contribution is 2.28. The summed E-state index contributed by atoms with van der Waals surface area (Å²) in [7, 11) is 0. The largest absolute Gasteiger partial charge is 0.490 e. The lowest BCUT2D eigenvalue weighted by Gasteiger charge is -2.11. The molecule has 6 nitrogen and oxygen atoms in total. The third-order valence-corrected chi connectivity index (χ3v) is 3.96. The lowest BCUT2D eigenvalue weighted by molar-refractivity contribution is 0.287. The van der Waals surface area contributed by atoms with Crippen molar-refractivity contribution in [1.29, 1.82) is 0 Å². The number of thiazole rings is 1. The highest BCUT2D eigenvalue weighted by molar-refractivity contribution is 7.15. The van der Waals surface area contributed by atoms with Crippen LogP contribution in [0.5, 0.6) is 11.5 Å². The molecule has 0 fully saturated rings. The third kappa shape index (κ3) is 2.67. The number of hydrogen-bond donors (Lipinski definition) is 0. The van der Waals surface area contributed by atoms with Crippen molar-refractivity contribution in [2.45, 2.75) is 13.8 Å². The van der Waals surface area contributed by atoms with Crippen molar-refractivity contribution in [1.82, 2.24) is 14.6 Å². The second-order valence-corrected chi connectivity index (χ2v) is 5.45. The van der Waals surface area contributed by atoms with Gasteiger partial charge in [0.15, 0.2) is 11.5 Å². The van der Waals surface area contributed by atoms with Crippen molar-refractivity contribution in [3.05, 3.63) is 45.0 Å². The van der Waals surface area contributed by atoms with Crippen LogP contribution in [0.4, 0.5) is 0 Å². The Morgan fingerprint density at radius 1 is 1.23 bits per heavy atom. The van der Waals surface area contributed by atoms with E-state index < -0.39 is 0 Å². The van der Waals surface area contributed by atoms with E-state index in [-0.39, 0.29) is 5.56 Å². The molecule has 0 amide bonds. The summed E-state index contributed by atoms with van der Waals surface area (Å²) in [6.07, 6.45) is 3.18. The van der Waals surface area contributed by atoms with E-state index in [2.05, 4.69) is 10.1 Å². The fraction of sp³-hybridized carbons (Fsp3) is 0.267. The van der Waals surface area contributed by atoms with E-state index in [1.165, 1.54) is 22.2 Å². The van der Waals surface area contributed by atoms with Gasteiger partial charge < -0.3 is 9.47 Å². The van der Waals surface area contributed by atoms with Crippen molar-refractivity contribution >= 4 is 22.4 Å². The van der Waals surface area contributed by atoms with Crippen LogP contribution >= 0.6 is 11.3 Å². The minimum atomic E-state index is -0.163. The molecule has 0 saturated carbocycles. The van der Waals surface area contributed by atoms with Crippen molar-refractivity contribution < 1.29 is 9.47 Å². The Hall–Kier alpha value is -2.41. The smallest absolute Gasteiger partial charge is 0.291 e. The van der Waals surface area contributed by atoms with Crippen molar-refractivity contribution in [2.24, 2.45) is 0 Å². The van der Waals surface area contributed by atoms with Gasteiger partial charge in [-0.05, 0) is 37.6 Å². The van der Waals surface area contributed by atoms with Crippen LogP contribution in [0.25, 0.3) is 11.0 Å². The zero-order valence-corrected chi connectivity index (χ0v) is 13.1. The van der Waals surface area contributed by atoms with E-state index in [0.29, 0.717) is 34.2 Å². The molecule has 22 heavy (non-hydrogen) atoms. The standard InChI is InChI=1S/C15H15N3O3S/c1-3-20-11-6-5-10(7-12(11)21-4-2)8-13-14(19)18-15(22-13)16-9-17-18/h5-9H,3-4H2,1-2H3/b13-8-. The fourth-order valence-electron chi connectivity index (χ4n) is 2.09. The monoisotopic (exact) mass is 317 g/mol. The lowest BCUT2D eigenvalue weighted by atomic mass is 10.2. The van der Waals surface area contributed by atoms with Gasteiger partial charge in [-0.25, -0.2) is 4.98 Å². The normalized spacial score (nSPS) is 12.0. The van der Waals surface area contributed by atoms with Gasteiger partial charge in [-0.15, -0.1) is 0 Å². The topological polar surface area (TPSA) is 65.7 Å². The van der Waals surface area contributed by atoms with Crippen molar-refractivity contribution in [2.75, 3.05) is 13.2 Å². The Bertz CT molecular complexity index is 901. The van der Waals surface area contributed by atoms with E-state index in [9.17, 15) is 4.79 Å². The zero-order chi connectivity index (χ0) is 15.5. The Kier molecular flexibility index (Phi) is 4.06. The van der Waals surface area contributed by atoms with E-state index in [4.69, 9.17) is 9.47 Å². The number of hydrogen-bond acceptors (Lipinski definition) is 6. The fourth-order valence-corrected chi connectivity index (χ4v) is 2.97. The molecular weight excluding hydrogens is 302 g/mol. The highest BCUT2D eigenvalue weighted by atomic mass is 32.1. The van der Waals surface area contributed by atoms with E-state index in [0.717, 1.165) is 5.56 Å². The predicted octanol–water partition coefficient (Wildman–Crippen LogP) is 1.50. The second kappa shape index (κ2) is 6.15. The molecule has 1 aromatic carbocycles. The van der Waals surface area contributed by atoms with Crippen LogP contribution in [0.1, 0.15) is 19.4 Å². The summed E-state index contributed by atoms with van der Waals surface area (Å²) in [5.41, 5.74) is 0.706. The summed E-state index contributed by atoms with van der Waals surface area (Å²) >= 11 is 1.31. The van der Waals surface area contributed by atoms with Gasteiger partial charge in [-0.3, -0.25) is 4.79 Å². The van der Waals surface area contributed by atoms with Crippen LogP contribution < -0.4 is 19.6 Å². The van der Waals surface area contributed by atoms with E-state index >= 15 is 0 Å². The number of aromatic nitrogens is 3. The average Bonchev–Trinajstić information content (AvgIpc) is 3.07. The first-order valence-corrected chi connectivity index (χ1v) is 7.78. The minimum absolute atomic E-state index is 0.163. The molecule has 0 saturated heterocycles.